The molecule has 2 N–H and O–H groups in total. The van der Waals surface area contributed by atoms with Crippen molar-refractivity contribution in [3.8, 4) is 0 Å². The van der Waals surface area contributed by atoms with Gasteiger partial charge in [-0.2, -0.15) is 0 Å². The first-order chi connectivity index (χ1) is 12.8. The van der Waals surface area contributed by atoms with Crippen LogP contribution in [0.25, 0.3) is 0 Å². The summed E-state index contributed by atoms with van der Waals surface area (Å²) in [5.41, 5.74) is 2.68. The average Bonchev–Trinajstić information content (AvgIpc) is 2.61. The second kappa shape index (κ2) is 12.0. The van der Waals surface area contributed by atoms with E-state index in [9.17, 15) is 0 Å². The Labute approximate surface area is 167 Å². The molecular weight excluding hydrogens is 334 g/mol. The van der Waals surface area contributed by atoms with Crippen LogP contribution in [0.2, 0.25) is 0 Å². The van der Waals surface area contributed by atoms with E-state index in [1.54, 1.807) is 0 Å². The molecule has 5 heteroatoms. The zero-order valence-corrected chi connectivity index (χ0v) is 18.7. The highest BCUT2D eigenvalue weighted by Crippen LogP contribution is 2.12. The number of guanidine groups is 1. The lowest BCUT2D eigenvalue weighted by atomic mass is 10.1. The van der Waals surface area contributed by atoms with Crippen LogP contribution >= 0.6 is 0 Å². The Morgan fingerprint density at radius 2 is 1.52 bits per heavy atom. The van der Waals surface area contributed by atoms with E-state index < -0.39 is 0 Å². The predicted octanol–water partition coefficient (Wildman–Crippen LogP) is 3.31. The van der Waals surface area contributed by atoms with Crippen LogP contribution < -0.4 is 10.6 Å². The number of aliphatic imine (C=N–C) groups is 1. The normalized spacial score (nSPS) is 12.7. The molecule has 0 heterocycles. The van der Waals surface area contributed by atoms with Crippen LogP contribution in [0.3, 0.4) is 0 Å². The van der Waals surface area contributed by atoms with Gasteiger partial charge in [-0.25, -0.2) is 0 Å². The quantitative estimate of drug-likeness (QED) is 0.486. The van der Waals surface area contributed by atoms with Crippen molar-refractivity contribution in [3.63, 3.8) is 0 Å². The van der Waals surface area contributed by atoms with E-state index in [0.29, 0.717) is 18.1 Å². The minimum Gasteiger partial charge on any atom is -0.355 e. The lowest BCUT2D eigenvalue weighted by molar-refractivity contribution is 0.178. The van der Waals surface area contributed by atoms with Gasteiger partial charge < -0.3 is 10.6 Å². The number of hydrogen-bond donors (Lipinski definition) is 2. The molecule has 5 nitrogen and oxygen atoms in total. The lowest BCUT2D eigenvalue weighted by Crippen LogP contribution is -2.45. The molecule has 1 aromatic carbocycles. The monoisotopic (exact) mass is 375 g/mol. The first-order valence-corrected chi connectivity index (χ1v) is 10.2. The van der Waals surface area contributed by atoms with Crippen molar-refractivity contribution in [2.45, 2.75) is 72.8 Å². The maximum atomic E-state index is 4.37. The van der Waals surface area contributed by atoms with E-state index >= 15 is 0 Å². The van der Waals surface area contributed by atoms with Crippen molar-refractivity contribution in [2.75, 3.05) is 27.2 Å². The maximum Gasteiger partial charge on any atom is 0.191 e. The van der Waals surface area contributed by atoms with Crippen LogP contribution in [0.4, 0.5) is 0 Å². The molecule has 0 radical (unpaired) electrons. The van der Waals surface area contributed by atoms with Crippen molar-refractivity contribution in [1.29, 1.82) is 0 Å². The van der Waals surface area contributed by atoms with Crippen LogP contribution in [0.5, 0.6) is 0 Å². The molecule has 0 aliphatic heterocycles. The van der Waals surface area contributed by atoms with Gasteiger partial charge in [-0.1, -0.05) is 24.3 Å². The van der Waals surface area contributed by atoms with Gasteiger partial charge >= 0.3 is 0 Å². The molecule has 154 valence electrons. The molecule has 1 aromatic rings. The third kappa shape index (κ3) is 8.31. The van der Waals surface area contributed by atoms with Crippen LogP contribution in [-0.2, 0) is 13.1 Å². The third-order valence-electron chi connectivity index (χ3n) is 5.08. The maximum absolute atomic E-state index is 4.37. The second-order valence-corrected chi connectivity index (χ2v) is 8.06. The molecule has 27 heavy (non-hydrogen) atoms. The smallest absolute Gasteiger partial charge is 0.191 e. The SMILES string of the molecule is CN=C(NCCN(C(C)C)C(C)C)NCc1ccccc1CN(C)C(C)C. The van der Waals surface area contributed by atoms with E-state index in [2.05, 4.69) is 98.3 Å². The molecule has 0 bridgehead atoms. The molecule has 0 saturated carbocycles. The Morgan fingerprint density at radius 3 is 2.04 bits per heavy atom. The van der Waals surface area contributed by atoms with Crippen LogP contribution in [0.1, 0.15) is 52.7 Å². The van der Waals surface area contributed by atoms with Gasteiger partial charge in [-0.15, -0.1) is 0 Å². The molecule has 0 fully saturated rings. The molecule has 0 saturated heterocycles. The Kier molecular flexibility index (Phi) is 10.4. The minimum absolute atomic E-state index is 0.533. The summed E-state index contributed by atoms with van der Waals surface area (Å²) in [4.78, 5) is 9.22. The average molecular weight is 376 g/mol. The van der Waals surface area contributed by atoms with E-state index in [0.717, 1.165) is 32.1 Å². The molecule has 0 aromatic heterocycles. The summed E-state index contributed by atoms with van der Waals surface area (Å²) in [6, 6.07) is 10.3. The summed E-state index contributed by atoms with van der Waals surface area (Å²) in [5, 5.41) is 6.91. The largest absolute Gasteiger partial charge is 0.355 e. The van der Waals surface area contributed by atoms with Crippen LogP contribution in [-0.4, -0.2) is 61.1 Å². The highest BCUT2D eigenvalue weighted by atomic mass is 15.2. The number of hydrogen-bond acceptors (Lipinski definition) is 3. The fraction of sp³-hybridized carbons (Fsp3) is 0.682. The number of nitrogens with one attached hydrogen (secondary N) is 2. The molecular formula is C22H41N5. The van der Waals surface area contributed by atoms with Crippen molar-refractivity contribution in [1.82, 2.24) is 20.4 Å². The van der Waals surface area contributed by atoms with Gasteiger partial charge in [0.25, 0.3) is 0 Å². The summed E-state index contributed by atoms with van der Waals surface area (Å²) in [7, 11) is 4.00. The molecule has 0 atom stereocenters. The zero-order valence-electron chi connectivity index (χ0n) is 18.7. The molecule has 1 rings (SSSR count). The summed E-state index contributed by atoms with van der Waals surface area (Å²) < 4.78 is 0. The van der Waals surface area contributed by atoms with Gasteiger partial charge in [0.2, 0.25) is 0 Å². The van der Waals surface area contributed by atoms with Gasteiger partial charge in [0, 0.05) is 51.4 Å². The Morgan fingerprint density at radius 1 is 0.926 bits per heavy atom. The Bertz CT molecular complexity index is 558. The van der Waals surface area contributed by atoms with Crippen molar-refractivity contribution < 1.29 is 0 Å². The highest BCUT2D eigenvalue weighted by molar-refractivity contribution is 5.79. The van der Waals surface area contributed by atoms with Gasteiger partial charge in [-0.3, -0.25) is 14.8 Å². The van der Waals surface area contributed by atoms with Crippen LogP contribution in [0, 0.1) is 0 Å². The van der Waals surface area contributed by atoms with Crippen LogP contribution in [0.15, 0.2) is 29.3 Å². The topological polar surface area (TPSA) is 42.9 Å². The zero-order chi connectivity index (χ0) is 20.4. The Balaban J connectivity index is 2.58. The summed E-state index contributed by atoms with van der Waals surface area (Å²) in [6.45, 7) is 17.1. The summed E-state index contributed by atoms with van der Waals surface area (Å²) in [6.07, 6.45) is 0. The van der Waals surface area contributed by atoms with Gasteiger partial charge in [-0.05, 0) is 59.7 Å². The third-order valence-corrected chi connectivity index (χ3v) is 5.08. The fourth-order valence-corrected chi connectivity index (χ4v) is 3.15. The molecule has 0 aliphatic rings. The lowest BCUT2D eigenvalue weighted by Gasteiger charge is -2.30. The van der Waals surface area contributed by atoms with E-state index in [1.165, 1.54) is 11.1 Å². The van der Waals surface area contributed by atoms with E-state index in [-0.39, 0.29) is 0 Å². The first kappa shape index (κ1) is 23.4. The fourth-order valence-electron chi connectivity index (χ4n) is 3.15. The van der Waals surface area contributed by atoms with E-state index in [4.69, 9.17) is 0 Å². The summed E-state index contributed by atoms with van der Waals surface area (Å²) in [5.74, 6) is 0.856. The Hall–Kier alpha value is -1.59. The van der Waals surface area contributed by atoms with Gasteiger partial charge in [0.1, 0.15) is 0 Å². The number of benzene rings is 1. The molecule has 0 amide bonds. The number of rotatable bonds is 10. The number of nitrogens with zero attached hydrogens (tertiary/aromatic N) is 3. The van der Waals surface area contributed by atoms with Gasteiger partial charge in [0.05, 0.1) is 0 Å². The molecule has 0 unspecified atom stereocenters. The van der Waals surface area contributed by atoms with Crippen molar-refractivity contribution >= 4 is 5.96 Å². The van der Waals surface area contributed by atoms with Gasteiger partial charge in [0.15, 0.2) is 5.96 Å². The minimum atomic E-state index is 0.533. The van der Waals surface area contributed by atoms with E-state index in [1.807, 2.05) is 7.05 Å². The molecule has 0 spiro atoms. The highest BCUT2D eigenvalue weighted by Gasteiger charge is 2.13. The first-order valence-electron chi connectivity index (χ1n) is 10.2. The predicted molar refractivity (Wildman–Crippen MR) is 118 cm³/mol. The summed E-state index contributed by atoms with van der Waals surface area (Å²) >= 11 is 0. The van der Waals surface area contributed by atoms with Crippen molar-refractivity contribution in [2.24, 2.45) is 4.99 Å². The second-order valence-electron chi connectivity index (χ2n) is 8.06. The standard InChI is InChI=1S/C22H41N5/c1-17(2)26(8)16-21-12-10-9-11-20(21)15-25-22(23-7)24-13-14-27(18(3)4)19(5)6/h9-12,17-19H,13-16H2,1-8H3,(H2,23,24,25). The van der Waals surface area contributed by atoms with Crippen molar-refractivity contribution in [3.05, 3.63) is 35.4 Å². The molecule has 0 aliphatic carbocycles.